The van der Waals surface area contributed by atoms with Crippen LogP contribution in [0.5, 0.6) is 11.5 Å². The second-order valence-electron chi connectivity index (χ2n) is 7.53. The standard InChI is InChI=1S/C26H18BrCl2NO5S/c1-2-34-21-12-16(11-19(27)23(21)35-25(32)18-8-3-4-9-20(18)29)13-22-24(31)30(26(33)36-22)14-15-6-5-7-17(28)10-15/h3-13H,2,14H2,1H3/b22-13-. The van der Waals surface area contributed by atoms with Crippen molar-refractivity contribution in [3.63, 3.8) is 0 Å². The van der Waals surface area contributed by atoms with Crippen molar-refractivity contribution >= 4 is 74.1 Å². The van der Waals surface area contributed by atoms with Gasteiger partial charge in [0, 0.05) is 5.02 Å². The topological polar surface area (TPSA) is 72.9 Å². The number of esters is 1. The number of hydrogen-bond donors (Lipinski definition) is 0. The third kappa shape index (κ3) is 5.95. The molecule has 0 saturated carbocycles. The number of thioether (sulfide) groups is 1. The van der Waals surface area contributed by atoms with Crippen molar-refractivity contribution in [2.24, 2.45) is 0 Å². The SMILES string of the molecule is CCOc1cc(/C=C2\SC(=O)N(Cc3cccc(Cl)c3)C2=O)cc(Br)c1OC(=O)c1ccccc1Cl. The number of imide groups is 1. The van der Waals surface area contributed by atoms with Gasteiger partial charge in [0.25, 0.3) is 11.1 Å². The zero-order valence-electron chi connectivity index (χ0n) is 18.8. The molecule has 1 heterocycles. The zero-order valence-corrected chi connectivity index (χ0v) is 22.7. The summed E-state index contributed by atoms with van der Waals surface area (Å²) in [5, 5.41) is 0.418. The van der Waals surface area contributed by atoms with Gasteiger partial charge < -0.3 is 9.47 Å². The van der Waals surface area contributed by atoms with Crippen molar-refractivity contribution in [1.82, 2.24) is 4.90 Å². The van der Waals surface area contributed by atoms with E-state index in [2.05, 4.69) is 15.9 Å². The molecule has 0 aliphatic carbocycles. The Morgan fingerprint density at radius 3 is 2.58 bits per heavy atom. The third-order valence-electron chi connectivity index (χ3n) is 5.02. The van der Waals surface area contributed by atoms with Crippen molar-refractivity contribution in [2.75, 3.05) is 6.61 Å². The van der Waals surface area contributed by atoms with Crippen LogP contribution in [0, 0.1) is 0 Å². The Labute approximate surface area is 230 Å². The Morgan fingerprint density at radius 2 is 1.86 bits per heavy atom. The van der Waals surface area contributed by atoms with E-state index in [9.17, 15) is 14.4 Å². The van der Waals surface area contributed by atoms with Gasteiger partial charge in [-0.2, -0.15) is 0 Å². The van der Waals surface area contributed by atoms with Gasteiger partial charge in [-0.25, -0.2) is 4.79 Å². The minimum atomic E-state index is -0.642. The maximum absolute atomic E-state index is 13.0. The summed E-state index contributed by atoms with van der Waals surface area (Å²) in [6, 6.07) is 16.9. The monoisotopic (exact) mass is 605 g/mol. The molecule has 36 heavy (non-hydrogen) atoms. The molecule has 184 valence electrons. The highest BCUT2D eigenvalue weighted by atomic mass is 79.9. The maximum atomic E-state index is 13.0. The summed E-state index contributed by atoms with van der Waals surface area (Å²) in [7, 11) is 0. The Morgan fingerprint density at radius 1 is 1.08 bits per heavy atom. The minimum absolute atomic E-state index is 0.118. The highest BCUT2D eigenvalue weighted by Gasteiger charge is 2.35. The van der Waals surface area contributed by atoms with E-state index in [1.165, 1.54) is 4.90 Å². The summed E-state index contributed by atoms with van der Waals surface area (Å²) < 4.78 is 11.7. The molecular weight excluding hydrogens is 589 g/mol. The Balaban J connectivity index is 1.60. The first-order chi connectivity index (χ1) is 17.3. The summed E-state index contributed by atoms with van der Waals surface area (Å²) in [4.78, 5) is 39.6. The molecule has 0 radical (unpaired) electrons. The number of benzene rings is 3. The number of ether oxygens (including phenoxy) is 2. The molecule has 0 bridgehead atoms. The molecule has 1 aliphatic heterocycles. The normalized spacial score (nSPS) is 14.4. The van der Waals surface area contributed by atoms with Gasteiger partial charge in [0.15, 0.2) is 11.5 Å². The molecule has 4 rings (SSSR count). The second-order valence-corrected chi connectivity index (χ2v) is 10.2. The molecule has 0 atom stereocenters. The van der Waals surface area contributed by atoms with Crippen LogP contribution in [0.2, 0.25) is 10.0 Å². The molecule has 3 aromatic carbocycles. The van der Waals surface area contributed by atoms with E-state index >= 15 is 0 Å². The molecule has 0 spiro atoms. The largest absolute Gasteiger partial charge is 0.490 e. The summed E-state index contributed by atoms with van der Waals surface area (Å²) in [6.07, 6.45) is 1.59. The van der Waals surface area contributed by atoms with Gasteiger partial charge >= 0.3 is 5.97 Å². The van der Waals surface area contributed by atoms with Crippen LogP contribution in [0.15, 0.2) is 70.0 Å². The first-order valence-corrected chi connectivity index (χ1v) is 13.1. The number of rotatable bonds is 7. The van der Waals surface area contributed by atoms with Crippen molar-refractivity contribution in [3.05, 3.63) is 96.8 Å². The van der Waals surface area contributed by atoms with E-state index in [1.54, 1.807) is 73.7 Å². The second kappa shape index (κ2) is 11.5. The number of carbonyl (C=O) groups is 3. The predicted molar refractivity (Wildman–Crippen MR) is 145 cm³/mol. The summed E-state index contributed by atoms with van der Waals surface area (Å²) >= 11 is 16.4. The first kappa shape index (κ1) is 26.3. The molecule has 0 aromatic heterocycles. The summed E-state index contributed by atoms with van der Waals surface area (Å²) in [5.41, 5.74) is 1.54. The lowest BCUT2D eigenvalue weighted by atomic mass is 10.1. The lowest BCUT2D eigenvalue weighted by Gasteiger charge is -2.14. The van der Waals surface area contributed by atoms with Crippen molar-refractivity contribution in [2.45, 2.75) is 13.5 Å². The van der Waals surface area contributed by atoms with Crippen molar-refractivity contribution in [3.8, 4) is 11.5 Å². The van der Waals surface area contributed by atoms with Crippen LogP contribution in [0.25, 0.3) is 6.08 Å². The Hall–Kier alpha value is -2.78. The number of nitrogens with zero attached hydrogens (tertiary/aromatic N) is 1. The van der Waals surface area contributed by atoms with E-state index in [0.29, 0.717) is 21.7 Å². The molecule has 6 nitrogen and oxygen atoms in total. The van der Waals surface area contributed by atoms with Crippen molar-refractivity contribution in [1.29, 1.82) is 0 Å². The van der Waals surface area contributed by atoms with Crippen LogP contribution in [0.3, 0.4) is 0 Å². The van der Waals surface area contributed by atoms with Gasteiger partial charge in [0.05, 0.1) is 33.1 Å². The molecule has 1 fully saturated rings. The van der Waals surface area contributed by atoms with Crippen LogP contribution in [-0.2, 0) is 11.3 Å². The first-order valence-electron chi connectivity index (χ1n) is 10.7. The average Bonchev–Trinajstić information content (AvgIpc) is 3.09. The molecule has 10 heteroatoms. The van der Waals surface area contributed by atoms with E-state index in [0.717, 1.165) is 17.3 Å². The van der Waals surface area contributed by atoms with E-state index < -0.39 is 11.9 Å². The lowest BCUT2D eigenvalue weighted by molar-refractivity contribution is -0.123. The van der Waals surface area contributed by atoms with Crippen LogP contribution in [0.1, 0.15) is 28.4 Å². The van der Waals surface area contributed by atoms with Crippen LogP contribution in [0.4, 0.5) is 4.79 Å². The molecule has 1 saturated heterocycles. The third-order valence-corrected chi connectivity index (χ3v) is 7.08. The number of hydrogen-bond acceptors (Lipinski definition) is 6. The highest BCUT2D eigenvalue weighted by molar-refractivity contribution is 9.10. The number of halogens is 3. The lowest BCUT2D eigenvalue weighted by Crippen LogP contribution is -2.27. The fraction of sp³-hybridized carbons (Fsp3) is 0.115. The average molecular weight is 607 g/mol. The smallest absolute Gasteiger partial charge is 0.345 e. The zero-order chi connectivity index (χ0) is 25.8. The molecular formula is C26H18BrCl2NO5S. The Bertz CT molecular complexity index is 1390. The van der Waals surface area contributed by atoms with E-state index in [4.69, 9.17) is 32.7 Å². The fourth-order valence-electron chi connectivity index (χ4n) is 3.41. The van der Waals surface area contributed by atoms with E-state index in [1.807, 2.05) is 0 Å². The highest BCUT2D eigenvalue weighted by Crippen LogP contribution is 2.40. The molecule has 2 amide bonds. The van der Waals surface area contributed by atoms with Gasteiger partial charge in [-0.3, -0.25) is 14.5 Å². The van der Waals surface area contributed by atoms with Gasteiger partial charge in [-0.1, -0.05) is 47.5 Å². The van der Waals surface area contributed by atoms with Gasteiger partial charge in [0.2, 0.25) is 0 Å². The molecule has 0 N–H and O–H groups in total. The molecule has 0 unspecified atom stereocenters. The van der Waals surface area contributed by atoms with Crippen LogP contribution >= 0.6 is 50.9 Å². The molecule has 3 aromatic rings. The van der Waals surface area contributed by atoms with Crippen molar-refractivity contribution < 1.29 is 23.9 Å². The molecule has 1 aliphatic rings. The van der Waals surface area contributed by atoms with E-state index in [-0.39, 0.29) is 38.8 Å². The van der Waals surface area contributed by atoms with Gasteiger partial charge in [0.1, 0.15) is 0 Å². The van der Waals surface area contributed by atoms with Gasteiger partial charge in [-0.05, 0) is 88.2 Å². The maximum Gasteiger partial charge on any atom is 0.345 e. The number of carbonyl (C=O) groups excluding carboxylic acids is 3. The summed E-state index contributed by atoms with van der Waals surface area (Å²) in [5.74, 6) is -0.588. The number of amides is 2. The Kier molecular flexibility index (Phi) is 8.41. The van der Waals surface area contributed by atoms with Crippen LogP contribution in [-0.4, -0.2) is 28.6 Å². The van der Waals surface area contributed by atoms with Crippen LogP contribution < -0.4 is 9.47 Å². The quantitative estimate of drug-likeness (QED) is 0.157. The minimum Gasteiger partial charge on any atom is -0.490 e. The predicted octanol–water partition coefficient (Wildman–Crippen LogP) is 7.61. The summed E-state index contributed by atoms with van der Waals surface area (Å²) in [6.45, 7) is 2.22. The van der Waals surface area contributed by atoms with Gasteiger partial charge in [-0.15, -0.1) is 0 Å². The fourth-order valence-corrected chi connectivity index (χ4v) is 5.22.